The van der Waals surface area contributed by atoms with Gasteiger partial charge in [-0.05, 0) is 19.9 Å². The summed E-state index contributed by atoms with van der Waals surface area (Å²) in [7, 11) is 0. The summed E-state index contributed by atoms with van der Waals surface area (Å²) in [5.41, 5.74) is 0. The smallest absolute Gasteiger partial charge is 0.321 e. The van der Waals surface area contributed by atoms with Crippen molar-refractivity contribution in [1.82, 2.24) is 16.0 Å². The molecule has 1 saturated heterocycles. The average Bonchev–Trinajstić information content (AvgIpc) is 2.33. The van der Waals surface area contributed by atoms with Crippen molar-refractivity contribution >= 4 is 17.7 Å². The second-order valence-electron chi connectivity index (χ2n) is 5.02. The monoisotopic (exact) mass is 267 g/mol. The Kier molecular flexibility index (Phi) is 5.09. The number of hydrogen-bond donors (Lipinski definition) is 3. The number of rotatable bonds is 0. The van der Waals surface area contributed by atoms with E-state index in [1.165, 1.54) is 0 Å². The third-order valence-electron chi connectivity index (χ3n) is 3.56. The first kappa shape index (κ1) is 15.2. The zero-order valence-corrected chi connectivity index (χ0v) is 11.7. The zero-order chi connectivity index (χ0) is 14.6. The van der Waals surface area contributed by atoms with E-state index in [9.17, 15) is 14.4 Å². The van der Waals surface area contributed by atoms with Gasteiger partial charge in [-0.1, -0.05) is 13.8 Å². The van der Waals surface area contributed by atoms with Crippen molar-refractivity contribution in [3.05, 3.63) is 12.3 Å². The van der Waals surface area contributed by atoms with E-state index in [1.54, 1.807) is 26.1 Å². The van der Waals surface area contributed by atoms with Gasteiger partial charge >= 0.3 is 6.03 Å². The number of urea groups is 1. The number of carbonyl (C=O) groups is 3. The predicted molar refractivity (Wildman–Crippen MR) is 71.2 cm³/mol. The summed E-state index contributed by atoms with van der Waals surface area (Å²) in [6, 6.07) is -0.153. The maximum atomic E-state index is 10.9. The first-order chi connectivity index (χ1) is 8.82. The minimum Gasteiger partial charge on any atom is -0.388 e. The van der Waals surface area contributed by atoms with Gasteiger partial charge in [0.1, 0.15) is 0 Å². The van der Waals surface area contributed by atoms with Crippen molar-refractivity contribution < 1.29 is 14.4 Å². The molecule has 6 heteroatoms. The summed E-state index contributed by atoms with van der Waals surface area (Å²) in [5.74, 6) is 0.0326. The van der Waals surface area contributed by atoms with Crippen molar-refractivity contribution in [2.45, 2.75) is 39.8 Å². The Morgan fingerprint density at radius 1 is 0.947 bits per heavy atom. The molecule has 106 valence electrons. The van der Waals surface area contributed by atoms with Crippen LogP contribution in [0.5, 0.6) is 0 Å². The van der Waals surface area contributed by atoms with Gasteiger partial charge in [0.15, 0.2) is 5.78 Å². The lowest BCUT2D eigenvalue weighted by atomic mass is 9.96. The molecule has 0 saturated carbocycles. The summed E-state index contributed by atoms with van der Waals surface area (Å²) in [6.45, 7) is 7.52. The first-order valence-corrected chi connectivity index (χ1v) is 6.40. The number of hydrogen-bond acceptors (Lipinski definition) is 4. The van der Waals surface area contributed by atoms with Crippen molar-refractivity contribution in [3.8, 4) is 0 Å². The highest BCUT2D eigenvalue weighted by Gasteiger charge is 2.28. The first-order valence-electron chi connectivity index (χ1n) is 6.40. The fraction of sp³-hybridized carbons (Fsp3) is 0.615. The molecular weight excluding hydrogens is 246 g/mol. The number of allylic oxidation sites excluding steroid dienone is 1. The van der Waals surface area contributed by atoms with Crippen molar-refractivity contribution in [1.29, 1.82) is 0 Å². The van der Waals surface area contributed by atoms with Gasteiger partial charge in [0.25, 0.3) is 0 Å². The fourth-order valence-electron chi connectivity index (χ4n) is 1.65. The molecule has 1 fully saturated rings. The van der Waals surface area contributed by atoms with E-state index >= 15 is 0 Å². The highest BCUT2D eigenvalue weighted by atomic mass is 16.2. The Bertz CT molecular complexity index is 406. The van der Waals surface area contributed by atoms with Gasteiger partial charge in [0, 0.05) is 24.2 Å². The zero-order valence-electron chi connectivity index (χ0n) is 11.7. The van der Waals surface area contributed by atoms with Crippen molar-refractivity contribution in [3.63, 3.8) is 0 Å². The van der Waals surface area contributed by atoms with E-state index in [1.807, 2.05) is 13.8 Å². The molecule has 3 amide bonds. The molecule has 4 atom stereocenters. The van der Waals surface area contributed by atoms with Gasteiger partial charge in [-0.2, -0.15) is 0 Å². The highest BCUT2D eigenvalue weighted by Crippen LogP contribution is 2.08. The molecule has 3 N–H and O–H groups in total. The average molecular weight is 267 g/mol. The Labute approximate surface area is 113 Å². The van der Waals surface area contributed by atoms with Crippen molar-refractivity contribution in [2.75, 3.05) is 0 Å². The maximum absolute atomic E-state index is 10.9. The molecule has 2 aliphatic heterocycles. The van der Waals surface area contributed by atoms with Crippen LogP contribution in [0, 0.1) is 11.8 Å². The molecule has 4 unspecified atom stereocenters. The lowest BCUT2D eigenvalue weighted by molar-refractivity contribution is -0.125. The highest BCUT2D eigenvalue weighted by molar-refractivity contribution is 5.98. The Morgan fingerprint density at radius 2 is 1.58 bits per heavy atom. The van der Waals surface area contributed by atoms with Crippen LogP contribution in [0.25, 0.3) is 0 Å². The molecule has 0 spiro atoms. The molecular formula is C13H21N3O3. The quantitative estimate of drug-likeness (QED) is 0.598. The molecule has 0 aromatic carbocycles. The summed E-state index contributed by atoms with van der Waals surface area (Å²) in [4.78, 5) is 32.3. The van der Waals surface area contributed by atoms with Crippen LogP contribution < -0.4 is 16.0 Å². The molecule has 0 radical (unpaired) electrons. The lowest BCUT2D eigenvalue weighted by Crippen LogP contribution is -2.56. The number of imide groups is 1. The summed E-state index contributed by atoms with van der Waals surface area (Å²) in [6.07, 6.45) is 3.30. The normalized spacial score (nSPS) is 33.6. The Hall–Kier alpha value is -1.85. The Balaban J connectivity index is 0.000000191. The van der Waals surface area contributed by atoms with E-state index in [0.29, 0.717) is 6.04 Å². The minimum atomic E-state index is -0.393. The molecule has 0 aromatic rings. The van der Waals surface area contributed by atoms with Gasteiger partial charge in [-0.3, -0.25) is 14.9 Å². The third kappa shape index (κ3) is 4.08. The molecule has 2 rings (SSSR count). The van der Waals surface area contributed by atoms with Crippen LogP contribution in [0.1, 0.15) is 27.7 Å². The van der Waals surface area contributed by atoms with Gasteiger partial charge < -0.3 is 10.6 Å². The second kappa shape index (κ2) is 6.36. The van der Waals surface area contributed by atoms with E-state index in [-0.39, 0.29) is 29.6 Å². The molecule has 19 heavy (non-hydrogen) atoms. The molecule has 0 aliphatic carbocycles. The van der Waals surface area contributed by atoms with Crippen LogP contribution >= 0.6 is 0 Å². The molecule has 0 aromatic heterocycles. The largest absolute Gasteiger partial charge is 0.388 e. The van der Waals surface area contributed by atoms with Gasteiger partial charge in [-0.15, -0.1) is 0 Å². The number of carbonyl (C=O) groups excluding carboxylic acids is 3. The summed E-state index contributed by atoms with van der Waals surface area (Å²) < 4.78 is 0. The molecule has 6 nitrogen and oxygen atoms in total. The fourth-order valence-corrected chi connectivity index (χ4v) is 1.65. The van der Waals surface area contributed by atoms with Crippen LogP contribution in [0.2, 0.25) is 0 Å². The topological polar surface area (TPSA) is 87.3 Å². The second-order valence-corrected chi connectivity index (χ2v) is 5.02. The summed E-state index contributed by atoms with van der Waals surface area (Å²) >= 11 is 0. The molecule has 2 heterocycles. The lowest BCUT2D eigenvalue weighted by Gasteiger charge is -2.25. The van der Waals surface area contributed by atoms with Crippen LogP contribution in [-0.4, -0.2) is 29.8 Å². The van der Waals surface area contributed by atoms with Crippen LogP contribution in [0.3, 0.4) is 0 Å². The van der Waals surface area contributed by atoms with Gasteiger partial charge in [-0.25, -0.2) is 4.79 Å². The summed E-state index contributed by atoms with van der Waals surface area (Å²) in [5, 5.41) is 7.82. The van der Waals surface area contributed by atoms with Crippen molar-refractivity contribution in [2.24, 2.45) is 11.8 Å². The van der Waals surface area contributed by atoms with E-state index in [2.05, 4.69) is 16.0 Å². The van der Waals surface area contributed by atoms with E-state index < -0.39 is 6.03 Å². The van der Waals surface area contributed by atoms with Gasteiger partial charge in [0.05, 0.1) is 5.92 Å². The number of ketones is 1. The van der Waals surface area contributed by atoms with Crippen LogP contribution in [0.4, 0.5) is 4.79 Å². The minimum absolute atomic E-state index is 0.0544. The number of amides is 3. The van der Waals surface area contributed by atoms with Gasteiger partial charge in [0.2, 0.25) is 5.91 Å². The SMILES string of the molecule is CC1NC(=O)NC(=O)C1C.CC1NC=CC(=O)C1C. The van der Waals surface area contributed by atoms with Crippen LogP contribution in [-0.2, 0) is 9.59 Å². The maximum Gasteiger partial charge on any atom is 0.321 e. The predicted octanol–water partition coefficient (Wildman–Crippen LogP) is 0.547. The van der Waals surface area contributed by atoms with E-state index in [4.69, 9.17) is 0 Å². The van der Waals surface area contributed by atoms with E-state index in [0.717, 1.165) is 0 Å². The molecule has 2 aliphatic rings. The number of nitrogens with one attached hydrogen (secondary N) is 3. The molecule has 0 bridgehead atoms. The van der Waals surface area contributed by atoms with Crippen LogP contribution in [0.15, 0.2) is 12.3 Å². The standard InChI is InChI=1S/C7H11NO.C6H10N2O2/c1-5-6(2)8-4-3-7(5)9;1-3-4(2)7-6(10)8-5(3)9/h3-6,8H,1-2H3;3-4H,1-2H3,(H2,7,8,9,10). The Morgan fingerprint density at radius 3 is 2.05 bits per heavy atom. The third-order valence-corrected chi connectivity index (χ3v) is 3.56.